The van der Waals surface area contributed by atoms with Crippen LogP contribution in [0.3, 0.4) is 0 Å². The summed E-state index contributed by atoms with van der Waals surface area (Å²) in [5, 5.41) is 18.7. The number of aromatic hydroxyl groups is 1. The van der Waals surface area contributed by atoms with E-state index in [2.05, 4.69) is 0 Å². The lowest BCUT2D eigenvalue weighted by Crippen LogP contribution is -2.10. The number of hydrogen-bond donors (Lipinski definition) is 2. The lowest BCUT2D eigenvalue weighted by atomic mass is 10.1. The van der Waals surface area contributed by atoms with Crippen LogP contribution in [0.5, 0.6) is 11.5 Å². The highest BCUT2D eigenvalue weighted by Crippen LogP contribution is 2.21. The number of halogens is 1. The van der Waals surface area contributed by atoms with Crippen molar-refractivity contribution in [3.05, 3.63) is 58.6 Å². The number of carbonyl (C=O) groups excluding carboxylic acids is 1. The topological polar surface area (TPSA) is 83.8 Å². The molecule has 0 fully saturated rings. The fourth-order valence-corrected chi connectivity index (χ4v) is 1.63. The Bertz CT molecular complexity index is 664. The van der Waals surface area contributed by atoms with Crippen LogP contribution in [-0.2, 0) is 0 Å². The number of carboxylic acid groups (broad SMARTS) is 1. The van der Waals surface area contributed by atoms with Gasteiger partial charge in [-0.25, -0.2) is 9.59 Å². The van der Waals surface area contributed by atoms with Crippen molar-refractivity contribution < 1.29 is 24.5 Å². The molecule has 2 rings (SSSR count). The Morgan fingerprint density at radius 2 is 1.70 bits per heavy atom. The molecule has 0 bridgehead atoms. The summed E-state index contributed by atoms with van der Waals surface area (Å²) in [6.45, 7) is 0. The summed E-state index contributed by atoms with van der Waals surface area (Å²) in [6, 6.07) is 9.60. The van der Waals surface area contributed by atoms with Gasteiger partial charge in [0.25, 0.3) is 0 Å². The zero-order valence-corrected chi connectivity index (χ0v) is 10.8. The number of carboxylic acids is 1. The number of carbonyl (C=O) groups is 2. The summed E-state index contributed by atoms with van der Waals surface area (Å²) in [5.74, 6) is -2.19. The maximum absolute atomic E-state index is 11.9. The maximum Gasteiger partial charge on any atom is 0.343 e. The van der Waals surface area contributed by atoms with E-state index in [9.17, 15) is 14.7 Å². The van der Waals surface area contributed by atoms with Gasteiger partial charge in [-0.05, 0) is 42.5 Å². The van der Waals surface area contributed by atoms with Crippen molar-refractivity contribution in [2.24, 2.45) is 0 Å². The van der Waals surface area contributed by atoms with Gasteiger partial charge in [0.1, 0.15) is 17.1 Å². The third-order valence-corrected chi connectivity index (χ3v) is 2.74. The SMILES string of the molecule is O=C(Oc1ccc(Cl)cc1)c1ccc(O)c(C(=O)O)c1. The van der Waals surface area contributed by atoms with Crippen LogP contribution in [0.15, 0.2) is 42.5 Å². The molecule has 0 heterocycles. The molecule has 0 amide bonds. The predicted octanol–water partition coefficient (Wildman–Crippen LogP) is 2.96. The van der Waals surface area contributed by atoms with E-state index in [1.807, 2.05) is 0 Å². The van der Waals surface area contributed by atoms with Gasteiger partial charge in [0.05, 0.1) is 5.56 Å². The van der Waals surface area contributed by atoms with Crippen LogP contribution in [0.1, 0.15) is 20.7 Å². The third kappa shape index (κ3) is 3.07. The summed E-state index contributed by atoms with van der Waals surface area (Å²) < 4.78 is 5.06. The second kappa shape index (κ2) is 5.63. The maximum atomic E-state index is 11.9. The molecule has 5 nitrogen and oxygen atoms in total. The zero-order chi connectivity index (χ0) is 14.7. The molecule has 0 saturated heterocycles. The molecule has 0 saturated carbocycles. The van der Waals surface area contributed by atoms with E-state index < -0.39 is 17.7 Å². The molecule has 0 spiro atoms. The van der Waals surface area contributed by atoms with E-state index in [1.165, 1.54) is 18.2 Å². The second-order valence-electron chi connectivity index (χ2n) is 3.88. The normalized spacial score (nSPS) is 10.1. The van der Waals surface area contributed by atoms with E-state index >= 15 is 0 Å². The van der Waals surface area contributed by atoms with Gasteiger partial charge in [-0.1, -0.05) is 11.6 Å². The lowest BCUT2D eigenvalue weighted by Gasteiger charge is -2.06. The Morgan fingerprint density at radius 1 is 1.05 bits per heavy atom. The fraction of sp³-hybridized carbons (Fsp3) is 0. The van der Waals surface area contributed by atoms with Crippen LogP contribution >= 0.6 is 11.6 Å². The van der Waals surface area contributed by atoms with Gasteiger partial charge < -0.3 is 14.9 Å². The van der Waals surface area contributed by atoms with Gasteiger partial charge in [-0.15, -0.1) is 0 Å². The molecule has 2 N–H and O–H groups in total. The lowest BCUT2D eigenvalue weighted by molar-refractivity contribution is 0.0693. The van der Waals surface area contributed by atoms with Crippen molar-refractivity contribution >= 4 is 23.5 Å². The summed E-state index contributed by atoms with van der Waals surface area (Å²) >= 11 is 5.70. The summed E-state index contributed by atoms with van der Waals surface area (Å²) in [7, 11) is 0. The Kier molecular flexibility index (Phi) is 3.91. The van der Waals surface area contributed by atoms with E-state index in [0.717, 1.165) is 12.1 Å². The summed E-state index contributed by atoms with van der Waals surface area (Å²) in [4.78, 5) is 22.7. The zero-order valence-electron chi connectivity index (χ0n) is 10.0. The molecule has 20 heavy (non-hydrogen) atoms. The molecule has 0 radical (unpaired) electrons. The Balaban J connectivity index is 2.23. The van der Waals surface area contributed by atoms with Crippen molar-refractivity contribution in [2.45, 2.75) is 0 Å². The Morgan fingerprint density at radius 3 is 2.30 bits per heavy atom. The summed E-state index contributed by atoms with van der Waals surface area (Å²) in [6.07, 6.45) is 0. The third-order valence-electron chi connectivity index (χ3n) is 2.49. The van der Waals surface area contributed by atoms with Gasteiger partial charge in [0, 0.05) is 5.02 Å². The van der Waals surface area contributed by atoms with Crippen molar-refractivity contribution in [1.29, 1.82) is 0 Å². The van der Waals surface area contributed by atoms with Crippen LogP contribution in [-0.4, -0.2) is 22.2 Å². The highest BCUT2D eigenvalue weighted by molar-refractivity contribution is 6.30. The van der Waals surface area contributed by atoms with Gasteiger partial charge in [0.15, 0.2) is 0 Å². The highest BCUT2D eigenvalue weighted by Gasteiger charge is 2.15. The largest absolute Gasteiger partial charge is 0.507 e. The molecule has 6 heteroatoms. The number of rotatable bonds is 3. The monoisotopic (exact) mass is 292 g/mol. The minimum Gasteiger partial charge on any atom is -0.507 e. The predicted molar refractivity (Wildman–Crippen MR) is 71.5 cm³/mol. The van der Waals surface area contributed by atoms with E-state index in [1.54, 1.807) is 12.1 Å². The molecular formula is C14H9ClO5. The standard InChI is InChI=1S/C14H9ClO5/c15-9-2-4-10(5-3-9)20-14(19)8-1-6-12(16)11(7-8)13(17)18/h1-7,16H,(H,17,18). The molecule has 0 aliphatic carbocycles. The quantitative estimate of drug-likeness (QED) is 0.671. The van der Waals surface area contributed by atoms with Gasteiger partial charge in [-0.3, -0.25) is 0 Å². The van der Waals surface area contributed by atoms with E-state index in [0.29, 0.717) is 5.02 Å². The van der Waals surface area contributed by atoms with Gasteiger partial charge >= 0.3 is 11.9 Å². The molecule has 0 aromatic heterocycles. The first kappa shape index (κ1) is 13.9. The molecule has 0 unspecified atom stereocenters. The number of aromatic carboxylic acids is 1. The first-order valence-electron chi connectivity index (χ1n) is 5.51. The smallest absolute Gasteiger partial charge is 0.343 e. The van der Waals surface area contributed by atoms with E-state index in [4.69, 9.17) is 21.4 Å². The average molecular weight is 293 g/mol. The highest BCUT2D eigenvalue weighted by atomic mass is 35.5. The molecule has 2 aromatic carbocycles. The van der Waals surface area contributed by atoms with Crippen LogP contribution in [0.4, 0.5) is 0 Å². The summed E-state index contributed by atoms with van der Waals surface area (Å²) in [5.41, 5.74) is -0.342. The fourth-order valence-electron chi connectivity index (χ4n) is 1.50. The van der Waals surface area contributed by atoms with Crippen molar-refractivity contribution in [3.8, 4) is 11.5 Å². The molecule has 0 aliphatic rings. The van der Waals surface area contributed by atoms with Gasteiger partial charge in [0.2, 0.25) is 0 Å². The number of ether oxygens (including phenoxy) is 1. The molecular weight excluding hydrogens is 284 g/mol. The molecule has 2 aromatic rings. The average Bonchev–Trinajstić information content (AvgIpc) is 2.41. The van der Waals surface area contributed by atoms with Crippen LogP contribution in [0, 0.1) is 0 Å². The number of phenols is 1. The van der Waals surface area contributed by atoms with Crippen LogP contribution in [0.25, 0.3) is 0 Å². The van der Waals surface area contributed by atoms with Crippen molar-refractivity contribution in [2.75, 3.05) is 0 Å². The van der Waals surface area contributed by atoms with Crippen molar-refractivity contribution in [1.82, 2.24) is 0 Å². The Hall–Kier alpha value is -2.53. The molecule has 0 aliphatic heterocycles. The second-order valence-corrected chi connectivity index (χ2v) is 4.32. The number of benzene rings is 2. The van der Waals surface area contributed by atoms with Crippen LogP contribution in [0.2, 0.25) is 5.02 Å². The number of hydrogen-bond acceptors (Lipinski definition) is 4. The first-order valence-corrected chi connectivity index (χ1v) is 5.89. The number of esters is 1. The minimum atomic E-state index is -1.33. The minimum absolute atomic E-state index is 0.0233. The van der Waals surface area contributed by atoms with Crippen LogP contribution < -0.4 is 4.74 Å². The molecule has 0 atom stereocenters. The van der Waals surface area contributed by atoms with Gasteiger partial charge in [-0.2, -0.15) is 0 Å². The Labute approximate surface area is 119 Å². The first-order chi connectivity index (χ1) is 9.47. The van der Waals surface area contributed by atoms with Crippen molar-refractivity contribution in [3.63, 3.8) is 0 Å². The molecule has 102 valence electrons. The van der Waals surface area contributed by atoms with E-state index in [-0.39, 0.29) is 16.9 Å².